The Balaban J connectivity index is 2.05. The zero-order chi connectivity index (χ0) is 17.0. The number of hydrogen-bond acceptors (Lipinski definition) is 5. The second kappa shape index (κ2) is 7.10. The van der Waals surface area contributed by atoms with Gasteiger partial charge < -0.3 is 20.2 Å². The minimum atomic E-state index is -0.604. The predicted molar refractivity (Wildman–Crippen MR) is 84.9 cm³/mol. The molecule has 1 N–H and O–H groups in total. The summed E-state index contributed by atoms with van der Waals surface area (Å²) < 4.78 is 6.72. The predicted octanol–water partition coefficient (Wildman–Crippen LogP) is 2.79. The van der Waals surface area contributed by atoms with Crippen LogP contribution in [0.2, 0.25) is 5.02 Å². The first-order valence-corrected chi connectivity index (χ1v) is 7.19. The van der Waals surface area contributed by atoms with Gasteiger partial charge in [-0.1, -0.05) is 11.6 Å². The molecule has 8 nitrogen and oxygen atoms in total. The van der Waals surface area contributed by atoms with Gasteiger partial charge in [0, 0.05) is 12.6 Å². The van der Waals surface area contributed by atoms with Crippen LogP contribution in [0.5, 0.6) is 5.75 Å². The number of aromatic nitrogens is 2. The van der Waals surface area contributed by atoms with Gasteiger partial charge in [-0.2, -0.15) is 0 Å². The summed E-state index contributed by atoms with van der Waals surface area (Å²) in [6.07, 6.45) is 1.22. The van der Waals surface area contributed by atoms with E-state index < -0.39 is 4.92 Å². The smallest absolute Gasteiger partial charge is 0.381 e. The molecule has 2 aromatic rings. The van der Waals surface area contributed by atoms with Gasteiger partial charge in [-0.05, 0) is 35.0 Å². The molecule has 122 valence electrons. The number of nitrogens with one attached hydrogen (secondary N) is 1. The van der Waals surface area contributed by atoms with Crippen molar-refractivity contribution in [3.05, 3.63) is 45.4 Å². The summed E-state index contributed by atoms with van der Waals surface area (Å²) in [4.78, 5) is 25.9. The fourth-order valence-electron chi connectivity index (χ4n) is 1.95. The number of amides is 1. The fourth-order valence-corrected chi connectivity index (χ4v) is 2.18. The minimum absolute atomic E-state index is 0.0858. The highest BCUT2D eigenvalue weighted by Gasteiger charge is 2.17. The zero-order valence-electron chi connectivity index (χ0n) is 12.6. The van der Waals surface area contributed by atoms with E-state index in [4.69, 9.17) is 16.3 Å². The zero-order valence-corrected chi connectivity index (χ0v) is 13.3. The van der Waals surface area contributed by atoms with Crippen LogP contribution in [-0.4, -0.2) is 27.0 Å². The van der Waals surface area contributed by atoms with Crippen LogP contribution in [0.3, 0.4) is 0 Å². The number of ether oxygens (including phenoxy) is 1. The Bertz CT molecular complexity index is 744. The SMILES string of the molecule is CCOc1ccc(NC(=O)Cn2cc([N+](=O)[O-])nc2C)cc1Cl. The van der Waals surface area contributed by atoms with E-state index in [2.05, 4.69) is 10.3 Å². The van der Waals surface area contributed by atoms with Gasteiger partial charge >= 0.3 is 5.82 Å². The highest BCUT2D eigenvalue weighted by molar-refractivity contribution is 6.32. The van der Waals surface area contributed by atoms with Gasteiger partial charge in [0.05, 0.1) is 11.6 Å². The Kier molecular flexibility index (Phi) is 5.17. The quantitative estimate of drug-likeness (QED) is 0.645. The molecule has 1 heterocycles. The third-order valence-electron chi connectivity index (χ3n) is 2.98. The van der Waals surface area contributed by atoms with Crippen LogP contribution in [0, 0.1) is 17.0 Å². The Labute approximate surface area is 137 Å². The lowest BCUT2D eigenvalue weighted by Crippen LogP contribution is -2.19. The molecule has 0 saturated heterocycles. The topological polar surface area (TPSA) is 99.3 Å². The summed E-state index contributed by atoms with van der Waals surface area (Å²) in [6, 6.07) is 4.90. The van der Waals surface area contributed by atoms with E-state index in [-0.39, 0.29) is 18.3 Å². The highest BCUT2D eigenvalue weighted by atomic mass is 35.5. The average Bonchev–Trinajstić information content (AvgIpc) is 2.83. The summed E-state index contributed by atoms with van der Waals surface area (Å²) >= 11 is 6.05. The minimum Gasteiger partial charge on any atom is -0.492 e. The molecule has 0 aliphatic rings. The Morgan fingerprint density at radius 3 is 2.83 bits per heavy atom. The summed E-state index contributed by atoms with van der Waals surface area (Å²) in [5.41, 5.74) is 0.510. The average molecular weight is 339 g/mol. The summed E-state index contributed by atoms with van der Waals surface area (Å²) in [5.74, 6) is 0.282. The van der Waals surface area contributed by atoms with Crippen LogP contribution < -0.4 is 10.1 Å². The van der Waals surface area contributed by atoms with Crippen LogP contribution in [0.1, 0.15) is 12.7 Å². The number of aryl methyl sites for hydroxylation is 1. The molecular weight excluding hydrogens is 324 g/mol. The maximum atomic E-state index is 12.0. The van der Waals surface area contributed by atoms with E-state index in [9.17, 15) is 14.9 Å². The lowest BCUT2D eigenvalue weighted by molar-refractivity contribution is -0.389. The normalized spacial score (nSPS) is 10.4. The third kappa shape index (κ3) is 4.19. The summed E-state index contributed by atoms with van der Waals surface area (Å²) in [6.45, 7) is 3.84. The molecule has 0 spiro atoms. The standard InChI is InChI=1S/C14H15ClN4O4/c1-3-23-12-5-4-10(6-11(12)15)17-14(20)8-18-7-13(19(21)22)16-9(18)2/h4-7H,3,8H2,1-2H3,(H,17,20). The van der Waals surface area contributed by atoms with E-state index in [1.807, 2.05) is 6.92 Å². The van der Waals surface area contributed by atoms with Crippen LogP contribution in [0.4, 0.5) is 11.5 Å². The van der Waals surface area contributed by atoms with Crippen LogP contribution in [-0.2, 0) is 11.3 Å². The molecule has 0 radical (unpaired) electrons. The molecule has 23 heavy (non-hydrogen) atoms. The first kappa shape index (κ1) is 16.8. The third-order valence-corrected chi connectivity index (χ3v) is 3.28. The van der Waals surface area contributed by atoms with E-state index in [0.29, 0.717) is 28.9 Å². The molecule has 0 fully saturated rings. The van der Waals surface area contributed by atoms with E-state index in [1.165, 1.54) is 10.8 Å². The van der Waals surface area contributed by atoms with Crippen molar-refractivity contribution in [2.45, 2.75) is 20.4 Å². The van der Waals surface area contributed by atoms with E-state index in [1.54, 1.807) is 25.1 Å². The number of carbonyl (C=O) groups excluding carboxylic acids is 1. The molecule has 0 aliphatic heterocycles. The molecule has 0 atom stereocenters. The van der Waals surface area contributed by atoms with Crippen molar-refractivity contribution in [2.75, 3.05) is 11.9 Å². The van der Waals surface area contributed by atoms with Gasteiger partial charge in [0.15, 0.2) is 0 Å². The molecule has 2 rings (SSSR count). The van der Waals surface area contributed by atoms with Gasteiger partial charge in [-0.25, -0.2) is 0 Å². The molecule has 9 heteroatoms. The van der Waals surface area contributed by atoms with Crippen molar-refractivity contribution in [1.29, 1.82) is 0 Å². The van der Waals surface area contributed by atoms with Gasteiger partial charge in [-0.3, -0.25) is 9.36 Å². The van der Waals surface area contributed by atoms with Gasteiger partial charge in [0.25, 0.3) is 0 Å². The number of anilines is 1. The largest absolute Gasteiger partial charge is 0.492 e. The second-order valence-corrected chi connectivity index (χ2v) is 5.06. The monoisotopic (exact) mass is 338 g/mol. The van der Waals surface area contributed by atoms with E-state index in [0.717, 1.165) is 0 Å². The Morgan fingerprint density at radius 1 is 1.52 bits per heavy atom. The summed E-state index contributed by atoms with van der Waals surface area (Å²) in [7, 11) is 0. The van der Waals surface area contributed by atoms with Crippen molar-refractivity contribution in [2.24, 2.45) is 0 Å². The van der Waals surface area contributed by atoms with Gasteiger partial charge in [0.1, 0.15) is 18.5 Å². The number of imidazole rings is 1. The van der Waals surface area contributed by atoms with Crippen molar-refractivity contribution in [1.82, 2.24) is 9.55 Å². The first-order valence-electron chi connectivity index (χ1n) is 6.81. The number of hydrogen-bond donors (Lipinski definition) is 1. The van der Waals surface area contributed by atoms with Crippen molar-refractivity contribution in [3.8, 4) is 5.75 Å². The Hall–Kier alpha value is -2.61. The molecule has 0 saturated carbocycles. The van der Waals surface area contributed by atoms with Crippen molar-refractivity contribution < 1.29 is 14.5 Å². The van der Waals surface area contributed by atoms with Gasteiger partial charge in [0.2, 0.25) is 11.7 Å². The van der Waals surface area contributed by atoms with Crippen molar-refractivity contribution >= 4 is 29.0 Å². The fraction of sp³-hybridized carbons (Fsp3) is 0.286. The molecular formula is C14H15ClN4O4. The lowest BCUT2D eigenvalue weighted by Gasteiger charge is -2.09. The van der Waals surface area contributed by atoms with Crippen LogP contribution in [0.25, 0.3) is 0 Å². The molecule has 1 amide bonds. The number of halogens is 1. The molecule has 0 unspecified atom stereocenters. The lowest BCUT2D eigenvalue weighted by atomic mass is 10.3. The maximum Gasteiger partial charge on any atom is 0.381 e. The number of benzene rings is 1. The molecule has 0 bridgehead atoms. The number of nitro groups is 1. The molecule has 0 aliphatic carbocycles. The first-order chi connectivity index (χ1) is 10.9. The van der Waals surface area contributed by atoms with Crippen molar-refractivity contribution in [3.63, 3.8) is 0 Å². The summed E-state index contributed by atoms with van der Waals surface area (Å²) in [5, 5.41) is 13.7. The van der Waals surface area contributed by atoms with E-state index >= 15 is 0 Å². The second-order valence-electron chi connectivity index (χ2n) is 4.66. The molecule has 1 aromatic heterocycles. The number of nitrogens with zero attached hydrogens (tertiary/aromatic N) is 3. The maximum absolute atomic E-state index is 12.0. The van der Waals surface area contributed by atoms with Crippen LogP contribution >= 0.6 is 11.6 Å². The number of carbonyl (C=O) groups is 1. The van der Waals surface area contributed by atoms with Crippen LogP contribution in [0.15, 0.2) is 24.4 Å². The molecule has 1 aromatic carbocycles. The highest BCUT2D eigenvalue weighted by Crippen LogP contribution is 2.27. The number of rotatable bonds is 6. The Morgan fingerprint density at radius 2 is 2.26 bits per heavy atom. The van der Waals surface area contributed by atoms with Gasteiger partial charge in [-0.15, -0.1) is 0 Å².